The molecule has 0 aliphatic carbocycles. The largest absolute Gasteiger partial charge is 0.435 e. The summed E-state index contributed by atoms with van der Waals surface area (Å²) in [6.07, 6.45) is -19.0. The van der Waals surface area contributed by atoms with Gasteiger partial charge in [-0.2, -0.15) is 44.8 Å². The van der Waals surface area contributed by atoms with Crippen molar-refractivity contribution in [2.75, 3.05) is 9.24 Å². The van der Waals surface area contributed by atoms with Crippen molar-refractivity contribution in [3.63, 3.8) is 0 Å². The zero-order valence-corrected chi connectivity index (χ0v) is 21.6. The van der Waals surface area contributed by atoms with E-state index in [0.717, 1.165) is 36.4 Å². The monoisotopic (exact) mass is 673 g/mol. The number of hydrogen-bond acceptors (Lipinski definition) is 3. The van der Waals surface area contributed by atoms with Crippen molar-refractivity contribution in [1.29, 1.82) is 5.26 Å². The standard InChI is InChI=1S/C25H11BrF11N3O2/c26-40(19-7-5-14(10-17(19)23(29,30)31)22(28,24(32,33)34)25(35,36)37)21(42)13-2-1-3-15(9-13)39-20(41)16-6-4-12(11-38)8-18(16)27/h1-10H,(H,39,41). The topological polar surface area (TPSA) is 73.2 Å². The lowest BCUT2D eigenvalue weighted by atomic mass is 9.92. The van der Waals surface area contributed by atoms with Crippen LogP contribution in [0.4, 0.5) is 59.7 Å². The lowest BCUT2D eigenvalue weighted by Crippen LogP contribution is -2.50. The van der Waals surface area contributed by atoms with Crippen molar-refractivity contribution >= 4 is 39.3 Å². The summed E-state index contributed by atoms with van der Waals surface area (Å²) in [5, 5.41) is 11.0. The molecule has 0 saturated carbocycles. The Morgan fingerprint density at radius 1 is 0.833 bits per heavy atom. The smallest absolute Gasteiger partial charge is 0.322 e. The van der Waals surface area contributed by atoms with Crippen LogP contribution >= 0.6 is 16.1 Å². The number of halogens is 12. The molecule has 0 aliphatic rings. The number of alkyl halides is 10. The van der Waals surface area contributed by atoms with Crippen molar-refractivity contribution in [1.82, 2.24) is 0 Å². The van der Waals surface area contributed by atoms with Gasteiger partial charge in [0.05, 0.1) is 44.6 Å². The van der Waals surface area contributed by atoms with Gasteiger partial charge in [-0.25, -0.2) is 12.7 Å². The molecule has 0 bridgehead atoms. The molecular formula is C25H11BrF11N3O2. The van der Waals surface area contributed by atoms with Gasteiger partial charge in [-0.05, 0) is 48.5 Å². The van der Waals surface area contributed by atoms with Crippen LogP contribution in [0.5, 0.6) is 0 Å². The van der Waals surface area contributed by atoms with Crippen molar-refractivity contribution < 1.29 is 57.9 Å². The molecule has 0 unspecified atom stereocenters. The number of nitriles is 1. The van der Waals surface area contributed by atoms with Crippen LogP contribution in [0, 0.1) is 17.1 Å². The third kappa shape index (κ3) is 6.17. The second kappa shape index (κ2) is 11.2. The van der Waals surface area contributed by atoms with Gasteiger partial charge in [-0.3, -0.25) is 9.59 Å². The zero-order valence-electron chi connectivity index (χ0n) is 20.0. The fourth-order valence-electron chi connectivity index (χ4n) is 3.56. The highest BCUT2D eigenvalue weighted by Gasteiger charge is 2.73. The summed E-state index contributed by atoms with van der Waals surface area (Å²) in [5.41, 5.74) is -13.4. The van der Waals surface area contributed by atoms with E-state index in [9.17, 15) is 57.9 Å². The summed E-state index contributed by atoms with van der Waals surface area (Å²) < 4.78 is 148. The van der Waals surface area contributed by atoms with E-state index >= 15 is 0 Å². The number of amides is 2. The minimum absolute atomic E-state index is 0.0376. The first-order valence-electron chi connectivity index (χ1n) is 10.9. The van der Waals surface area contributed by atoms with Crippen LogP contribution < -0.4 is 9.24 Å². The van der Waals surface area contributed by atoms with Gasteiger partial charge in [0.15, 0.2) is 0 Å². The van der Waals surface area contributed by atoms with Crippen molar-refractivity contribution in [3.05, 3.63) is 94.3 Å². The minimum Gasteiger partial charge on any atom is -0.322 e. The number of rotatable bonds is 5. The van der Waals surface area contributed by atoms with E-state index in [4.69, 9.17) is 5.26 Å². The molecule has 0 atom stereocenters. The van der Waals surface area contributed by atoms with Crippen LogP contribution in [0.15, 0.2) is 60.7 Å². The molecule has 0 heterocycles. The Hall–Kier alpha value is -4.20. The molecule has 0 aliphatic heterocycles. The fraction of sp³-hybridized carbons (Fsp3) is 0.160. The fourth-order valence-corrected chi connectivity index (χ4v) is 4.07. The number of benzene rings is 3. The van der Waals surface area contributed by atoms with Gasteiger partial charge in [0.2, 0.25) is 0 Å². The Kier molecular flexibility index (Phi) is 8.64. The minimum atomic E-state index is -6.69. The molecule has 2 amide bonds. The average Bonchev–Trinajstić information content (AvgIpc) is 2.89. The van der Waals surface area contributed by atoms with Gasteiger partial charge >= 0.3 is 24.2 Å². The van der Waals surface area contributed by atoms with E-state index in [1.54, 1.807) is 6.07 Å². The molecular weight excluding hydrogens is 663 g/mol. The molecule has 3 aromatic rings. The first-order valence-corrected chi connectivity index (χ1v) is 11.6. The highest BCUT2D eigenvalue weighted by atomic mass is 79.9. The molecule has 1 N–H and O–H groups in total. The van der Waals surface area contributed by atoms with Crippen LogP contribution in [-0.4, -0.2) is 24.2 Å². The Labute approximate surface area is 236 Å². The maximum absolute atomic E-state index is 14.4. The third-order valence-corrected chi connectivity index (χ3v) is 6.29. The summed E-state index contributed by atoms with van der Waals surface area (Å²) in [5.74, 6) is -3.47. The van der Waals surface area contributed by atoms with E-state index < -0.39 is 75.8 Å². The molecule has 42 heavy (non-hydrogen) atoms. The van der Waals surface area contributed by atoms with Crippen LogP contribution in [-0.2, 0) is 11.8 Å². The normalized spacial score (nSPS) is 12.5. The summed E-state index contributed by atoms with van der Waals surface area (Å²) in [7, 11) is 0. The molecule has 0 aromatic heterocycles. The molecule has 5 nitrogen and oxygen atoms in total. The van der Waals surface area contributed by atoms with Crippen LogP contribution in [0.25, 0.3) is 0 Å². The number of carbonyl (C=O) groups excluding carboxylic acids is 2. The Morgan fingerprint density at radius 3 is 1.98 bits per heavy atom. The Bertz CT molecular complexity index is 1560. The van der Waals surface area contributed by atoms with E-state index in [1.807, 2.05) is 0 Å². The highest BCUT2D eigenvalue weighted by molar-refractivity contribution is 9.10. The van der Waals surface area contributed by atoms with E-state index in [-0.39, 0.29) is 27.3 Å². The quantitative estimate of drug-likeness (QED) is 0.219. The number of carbonyl (C=O) groups is 2. The zero-order chi connectivity index (χ0) is 31.8. The second-order valence-electron chi connectivity index (χ2n) is 8.31. The highest BCUT2D eigenvalue weighted by Crippen LogP contribution is 2.54. The maximum atomic E-state index is 14.4. The predicted octanol–water partition coefficient (Wildman–Crippen LogP) is 8.21. The molecule has 0 spiro atoms. The first kappa shape index (κ1) is 32.3. The van der Waals surface area contributed by atoms with E-state index in [0.29, 0.717) is 0 Å². The molecule has 222 valence electrons. The molecule has 0 radical (unpaired) electrons. The summed E-state index contributed by atoms with van der Waals surface area (Å²) in [6, 6.07) is 7.96. The molecule has 17 heteroatoms. The SMILES string of the molecule is N#Cc1ccc(C(=O)Nc2cccc(C(=O)N(Br)c3ccc(C(F)(C(F)(F)F)C(F)(F)F)cc3C(F)(F)F)c2)c(F)c1. The Morgan fingerprint density at radius 2 is 1.45 bits per heavy atom. The lowest BCUT2D eigenvalue weighted by Gasteiger charge is -2.31. The van der Waals surface area contributed by atoms with Crippen molar-refractivity contribution in [2.45, 2.75) is 24.2 Å². The number of anilines is 2. The molecule has 3 aromatic carbocycles. The maximum Gasteiger partial charge on any atom is 0.435 e. The lowest BCUT2D eigenvalue weighted by molar-refractivity contribution is -0.348. The number of nitrogens with zero attached hydrogens (tertiary/aromatic N) is 2. The van der Waals surface area contributed by atoms with Gasteiger partial charge < -0.3 is 5.32 Å². The number of nitrogens with one attached hydrogen (secondary N) is 1. The number of hydrogen-bond donors (Lipinski definition) is 1. The Balaban J connectivity index is 1.99. The van der Waals surface area contributed by atoms with Gasteiger partial charge in [-0.15, -0.1) is 0 Å². The van der Waals surface area contributed by atoms with Crippen LogP contribution in [0.3, 0.4) is 0 Å². The molecule has 3 rings (SSSR count). The van der Waals surface area contributed by atoms with E-state index in [1.165, 1.54) is 6.07 Å². The van der Waals surface area contributed by atoms with Gasteiger partial charge in [0, 0.05) is 16.8 Å². The summed E-state index contributed by atoms with van der Waals surface area (Å²) >= 11 is 2.50. The third-order valence-electron chi connectivity index (χ3n) is 5.58. The van der Waals surface area contributed by atoms with Gasteiger partial charge in [0.1, 0.15) is 5.82 Å². The van der Waals surface area contributed by atoms with Crippen LogP contribution in [0.2, 0.25) is 0 Å². The molecule has 0 fully saturated rings. The predicted molar refractivity (Wildman–Crippen MR) is 128 cm³/mol. The summed E-state index contributed by atoms with van der Waals surface area (Å²) in [4.78, 5) is 25.4. The second-order valence-corrected chi connectivity index (χ2v) is 9.02. The van der Waals surface area contributed by atoms with E-state index in [2.05, 4.69) is 21.5 Å². The van der Waals surface area contributed by atoms with Crippen LogP contribution in [0.1, 0.15) is 37.4 Å². The van der Waals surface area contributed by atoms with Crippen molar-refractivity contribution in [2.24, 2.45) is 0 Å². The van der Waals surface area contributed by atoms with Crippen molar-refractivity contribution in [3.8, 4) is 6.07 Å². The first-order chi connectivity index (χ1) is 19.2. The molecule has 0 saturated heterocycles. The average molecular weight is 674 g/mol. The summed E-state index contributed by atoms with van der Waals surface area (Å²) in [6.45, 7) is 0. The van der Waals surface area contributed by atoms with Gasteiger partial charge in [-0.1, -0.05) is 12.1 Å². The van der Waals surface area contributed by atoms with Gasteiger partial charge in [0.25, 0.3) is 11.8 Å².